The maximum Gasteiger partial charge on any atom is 0.273 e. The molecule has 0 bridgehead atoms. The number of benzene rings is 1. The van der Waals surface area contributed by atoms with Gasteiger partial charge in [-0.15, -0.1) is 0 Å². The summed E-state index contributed by atoms with van der Waals surface area (Å²) in [6, 6.07) is 2.66. The summed E-state index contributed by atoms with van der Waals surface area (Å²) >= 11 is 0. The van der Waals surface area contributed by atoms with Gasteiger partial charge in [0, 0.05) is 18.1 Å². The summed E-state index contributed by atoms with van der Waals surface area (Å²) in [6.45, 7) is 1.54. The Morgan fingerprint density at radius 2 is 2.28 bits per heavy atom. The molecule has 0 aliphatic heterocycles. The monoisotopic (exact) mass is 249 g/mol. The van der Waals surface area contributed by atoms with Crippen LogP contribution in [-0.4, -0.2) is 26.1 Å². The van der Waals surface area contributed by atoms with Crippen LogP contribution >= 0.6 is 0 Å². The molecule has 0 aliphatic carbocycles. The summed E-state index contributed by atoms with van der Waals surface area (Å²) in [7, 11) is 0. The minimum atomic E-state index is -0.705. The fourth-order valence-corrected chi connectivity index (χ4v) is 1.80. The molecule has 94 valence electrons. The van der Waals surface area contributed by atoms with Crippen molar-refractivity contribution in [1.82, 2.24) is 9.97 Å². The lowest BCUT2D eigenvalue weighted by Crippen LogP contribution is -2.10. The van der Waals surface area contributed by atoms with Crippen LogP contribution in [0.15, 0.2) is 23.3 Å². The van der Waals surface area contributed by atoms with Crippen molar-refractivity contribution >= 4 is 16.6 Å². The van der Waals surface area contributed by atoms with Crippen LogP contribution in [0.3, 0.4) is 0 Å². The second kappa shape index (κ2) is 4.53. The minimum absolute atomic E-state index is 0.140. The highest BCUT2D eigenvalue weighted by molar-refractivity contribution is 5.81. The van der Waals surface area contributed by atoms with Gasteiger partial charge in [-0.2, -0.15) is 0 Å². The lowest BCUT2D eigenvalue weighted by molar-refractivity contribution is -0.385. The molecule has 0 saturated heterocycles. The number of nitrogens with zero attached hydrogens (tertiary/aromatic N) is 2. The van der Waals surface area contributed by atoms with Crippen molar-refractivity contribution in [3.8, 4) is 0 Å². The summed E-state index contributed by atoms with van der Waals surface area (Å²) < 4.78 is 0. The van der Waals surface area contributed by atoms with Gasteiger partial charge in [-0.05, 0) is 13.0 Å². The maximum absolute atomic E-state index is 11.5. The van der Waals surface area contributed by atoms with Crippen molar-refractivity contribution in [2.24, 2.45) is 0 Å². The number of nitro groups is 1. The number of aromatic nitrogens is 2. The Bertz CT molecular complexity index is 663. The Morgan fingerprint density at radius 1 is 1.56 bits per heavy atom. The molecule has 1 aromatic heterocycles. The fraction of sp³-hybridized carbons (Fsp3) is 0.273. The van der Waals surface area contributed by atoms with Crippen molar-refractivity contribution in [2.75, 3.05) is 0 Å². The highest BCUT2D eigenvalue weighted by atomic mass is 16.6. The number of rotatable bonds is 3. The van der Waals surface area contributed by atoms with E-state index >= 15 is 0 Å². The first-order valence-electron chi connectivity index (χ1n) is 5.32. The van der Waals surface area contributed by atoms with E-state index in [9.17, 15) is 20.0 Å². The van der Waals surface area contributed by atoms with Crippen LogP contribution in [0.2, 0.25) is 0 Å². The SMILES string of the molecule is CC(O)Cc1cc2nc[nH]c(=O)c2cc1[N+](=O)[O-]. The summed E-state index contributed by atoms with van der Waals surface area (Å²) in [5.41, 5.74) is 0.134. The molecule has 0 amide bonds. The van der Waals surface area contributed by atoms with Crippen LogP contribution in [0, 0.1) is 10.1 Å². The molecule has 0 radical (unpaired) electrons. The van der Waals surface area contributed by atoms with E-state index in [1.165, 1.54) is 18.5 Å². The highest BCUT2D eigenvalue weighted by Crippen LogP contribution is 2.24. The van der Waals surface area contributed by atoms with Gasteiger partial charge >= 0.3 is 0 Å². The molecule has 2 N–H and O–H groups in total. The largest absolute Gasteiger partial charge is 0.393 e. The first-order chi connectivity index (χ1) is 8.49. The second-order valence-corrected chi connectivity index (χ2v) is 4.04. The third-order valence-electron chi connectivity index (χ3n) is 2.55. The van der Waals surface area contributed by atoms with E-state index in [4.69, 9.17) is 0 Å². The number of aliphatic hydroxyl groups excluding tert-OH is 1. The second-order valence-electron chi connectivity index (χ2n) is 4.04. The minimum Gasteiger partial charge on any atom is -0.393 e. The molecule has 0 saturated carbocycles. The van der Waals surface area contributed by atoms with E-state index in [1.807, 2.05) is 0 Å². The molecular weight excluding hydrogens is 238 g/mol. The molecule has 0 spiro atoms. The average molecular weight is 249 g/mol. The van der Waals surface area contributed by atoms with Gasteiger partial charge in [0.1, 0.15) is 0 Å². The quantitative estimate of drug-likeness (QED) is 0.616. The molecule has 7 heteroatoms. The lowest BCUT2D eigenvalue weighted by Gasteiger charge is -2.06. The van der Waals surface area contributed by atoms with Gasteiger partial charge in [0.25, 0.3) is 11.2 Å². The van der Waals surface area contributed by atoms with Gasteiger partial charge in [0.05, 0.1) is 28.3 Å². The van der Waals surface area contributed by atoms with Crippen molar-refractivity contribution < 1.29 is 10.0 Å². The van der Waals surface area contributed by atoms with Crippen molar-refractivity contribution in [3.05, 3.63) is 44.5 Å². The smallest absolute Gasteiger partial charge is 0.273 e. The Balaban J connectivity index is 2.72. The number of H-pyrrole nitrogens is 1. The number of nitrogens with one attached hydrogen (secondary N) is 1. The summed E-state index contributed by atoms with van der Waals surface area (Å²) in [6.07, 6.45) is 0.673. The third-order valence-corrected chi connectivity index (χ3v) is 2.55. The molecule has 18 heavy (non-hydrogen) atoms. The predicted molar refractivity (Wildman–Crippen MR) is 64.4 cm³/mol. The third kappa shape index (κ3) is 2.21. The first kappa shape index (κ1) is 12.2. The summed E-state index contributed by atoms with van der Waals surface area (Å²) in [5, 5.41) is 20.4. The molecule has 0 aliphatic rings. The van der Waals surface area contributed by atoms with E-state index in [-0.39, 0.29) is 17.5 Å². The zero-order valence-electron chi connectivity index (χ0n) is 9.58. The standard InChI is InChI=1S/C11H11N3O4/c1-6(15)2-7-3-9-8(4-10(7)14(17)18)11(16)13-5-12-9/h3-6,15H,2H2,1H3,(H,12,13,16). The van der Waals surface area contributed by atoms with Gasteiger partial charge in [-0.1, -0.05) is 0 Å². The van der Waals surface area contributed by atoms with Gasteiger partial charge in [0.2, 0.25) is 0 Å². The Kier molecular flexibility index (Phi) is 3.07. The molecular formula is C11H11N3O4. The van der Waals surface area contributed by atoms with Crippen LogP contribution in [0.4, 0.5) is 5.69 Å². The van der Waals surface area contributed by atoms with Crippen LogP contribution in [0.1, 0.15) is 12.5 Å². The maximum atomic E-state index is 11.5. The molecule has 2 aromatic rings. The molecule has 1 atom stereocenters. The number of hydrogen-bond donors (Lipinski definition) is 2. The molecule has 0 fully saturated rings. The van der Waals surface area contributed by atoms with Crippen molar-refractivity contribution in [2.45, 2.75) is 19.4 Å². The van der Waals surface area contributed by atoms with Crippen molar-refractivity contribution in [1.29, 1.82) is 0 Å². The van der Waals surface area contributed by atoms with Crippen LogP contribution in [0.5, 0.6) is 0 Å². The molecule has 1 heterocycles. The van der Waals surface area contributed by atoms with E-state index < -0.39 is 16.6 Å². The van der Waals surface area contributed by atoms with Gasteiger partial charge in [-0.25, -0.2) is 4.98 Å². The van der Waals surface area contributed by atoms with E-state index in [0.29, 0.717) is 11.1 Å². The Hall–Kier alpha value is -2.28. The zero-order valence-corrected chi connectivity index (χ0v) is 9.58. The average Bonchev–Trinajstić information content (AvgIpc) is 2.27. The normalized spacial score (nSPS) is 12.6. The van der Waals surface area contributed by atoms with Gasteiger partial charge in [-0.3, -0.25) is 14.9 Å². The Labute approximate surface area is 101 Å². The van der Waals surface area contributed by atoms with E-state index in [0.717, 1.165) is 0 Å². The van der Waals surface area contributed by atoms with Gasteiger partial charge in [0.15, 0.2) is 0 Å². The predicted octanol–water partition coefficient (Wildman–Crippen LogP) is 0.755. The zero-order chi connectivity index (χ0) is 13.3. The molecule has 7 nitrogen and oxygen atoms in total. The van der Waals surface area contributed by atoms with Crippen LogP contribution < -0.4 is 5.56 Å². The molecule has 1 unspecified atom stereocenters. The number of hydrogen-bond acceptors (Lipinski definition) is 5. The lowest BCUT2D eigenvalue weighted by atomic mass is 10.0. The number of nitro benzene ring substituents is 1. The summed E-state index contributed by atoms with van der Waals surface area (Å²) in [5.74, 6) is 0. The Morgan fingerprint density at radius 3 is 2.89 bits per heavy atom. The topological polar surface area (TPSA) is 109 Å². The molecule has 1 aromatic carbocycles. The summed E-state index contributed by atoms with van der Waals surface area (Å²) in [4.78, 5) is 28.2. The van der Waals surface area contributed by atoms with Crippen LogP contribution in [0.25, 0.3) is 10.9 Å². The molecule has 2 rings (SSSR count). The van der Waals surface area contributed by atoms with Crippen LogP contribution in [-0.2, 0) is 6.42 Å². The number of aliphatic hydroxyl groups is 1. The first-order valence-corrected chi connectivity index (χ1v) is 5.32. The number of aromatic amines is 1. The van der Waals surface area contributed by atoms with E-state index in [1.54, 1.807) is 6.92 Å². The number of fused-ring (bicyclic) bond motifs is 1. The van der Waals surface area contributed by atoms with Crippen molar-refractivity contribution in [3.63, 3.8) is 0 Å². The fourth-order valence-electron chi connectivity index (χ4n) is 1.80. The van der Waals surface area contributed by atoms with Gasteiger partial charge < -0.3 is 10.1 Å². The highest BCUT2D eigenvalue weighted by Gasteiger charge is 2.18. The van der Waals surface area contributed by atoms with E-state index in [2.05, 4.69) is 9.97 Å².